The largest absolute Gasteiger partial charge is 0.478 e. The molecule has 1 fully saturated rings. The second-order valence-corrected chi connectivity index (χ2v) is 5.81. The molecular formula is C15H18BrNO3. The SMILES string of the molecule is CN(CC1CCCO1)c1cc(Br)ccc1C=CC(=O)O. The number of hydrogen-bond acceptors (Lipinski definition) is 3. The van der Waals surface area contributed by atoms with Crippen LogP contribution in [0.2, 0.25) is 0 Å². The van der Waals surface area contributed by atoms with Gasteiger partial charge in [-0.2, -0.15) is 0 Å². The molecule has 0 bridgehead atoms. The van der Waals surface area contributed by atoms with Crippen molar-refractivity contribution in [2.24, 2.45) is 0 Å². The molecule has 4 nitrogen and oxygen atoms in total. The molecule has 1 heterocycles. The number of aliphatic carboxylic acids is 1. The third-order valence-electron chi connectivity index (χ3n) is 3.31. The van der Waals surface area contributed by atoms with E-state index in [0.29, 0.717) is 0 Å². The number of carboxylic acid groups (broad SMARTS) is 1. The summed E-state index contributed by atoms with van der Waals surface area (Å²) in [5.74, 6) is -0.944. The lowest BCUT2D eigenvalue weighted by Crippen LogP contribution is -2.29. The van der Waals surface area contributed by atoms with Crippen LogP contribution in [0, 0.1) is 0 Å². The number of hydrogen-bond donors (Lipinski definition) is 1. The number of benzene rings is 1. The van der Waals surface area contributed by atoms with E-state index in [-0.39, 0.29) is 6.10 Å². The zero-order chi connectivity index (χ0) is 14.5. The Morgan fingerprint density at radius 2 is 2.40 bits per heavy atom. The summed E-state index contributed by atoms with van der Waals surface area (Å²) >= 11 is 3.46. The predicted molar refractivity (Wildman–Crippen MR) is 83.1 cm³/mol. The monoisotopic (exact) mass is 339 g/mol. The first-order valence-corrected chi connectivity index (χ1v) is 7.39. The summed E-state index contributed by atoms with van der Waals surface area (Å²) in [5.41, 5.74) is 1.88. The Hall–Kier alpha value is -1.33. The van der Waals surface area contributed by atoms with Crippen molar-refractivity contribution < 1.29 is 14.6 Å². The van der Waals surface area contributed by atoms with E-state index in [1.54, 1.807) is 6.08 Å². The molecular weight excluding hydrogens is 322 g/mol. The maximum atomic E-state index is 10.7. The second kappa shape index (κ2) is 6.90. The number of anilines is 1. The average Bonchev–Trinajstić information content (AvgIpc) is 2.89. The van der Waals surface area contributed by atoms with Gasteiger partial charge in [-0.1, -0.05) is 22.0 Å². The highest BCUT2D eigenvalue weighted by Gasteiger charge is 2.18. The Balaban J connectivity index is 2.18. The van der Waals surface area contributed by atoms with Crippen LogP contribution in [0.3, 0.4) is 0 Å². The predicted octanol–water partition coefficient (Wildman–Crippen LogP) is 3.16. The summed E-state index contributed by atoms with van der Waals surface area (Å²) in [6, 6.07) is 5.81. The standard InChI is InChI=1S/C15H18BrNO3/c1-17(10-13-3-2-8-20-13)14-9-12(16)6-4-11(14)5-7-15(18)19/h4-7,9,13H,2-3,8,10H2,1H3,(H,18,19). The minimum absolute atomic E-state index is 0.260. The molecule has 1 unspecified atom stereocenters. The van der Waals surface area contributed by atoms with E-state index >= 15 is 0 Å². The first kappa shape index (κ1) is 15.1. The summed E-state index contributed by atoms with van der Waals surface area (Å²) in [6.07, 6.45) is 5.24. The van der Waals surface area contributed by atoms with Gasteiger partial charge in [-0.05, 0) is 36.6 Å². The lowest BCUT2D eigenvalue weighted by atomic mass is 10.1. The Morgan fingerprint density at radius 3 is 3.05 bits per heavy atom. The van der Waals surface area contributed by atoms with Crippen LogP contribution >= 0.6 is 15.9 Å². The molecule has 1 N–H and O–H groups in total. The molecule has 1 aromatic carbocycles. The number of nitrogens with zero attached hydrogens (tertiary/aromatic N) is 1. The van der Waals surface area contributed by atoms with Crippen LogP contribution in [0.1, 0.15) is 18.4 Å². The van der Waals surface area contributed by atoms with Crippen molar-refractivity contribution >= 4 is 33.7 Å². The van der Waals surface area contributed by atoms with Crippen LogP contribution in [0.5, 0.6) is 0 Å². The highest BCUT2D eigenvalue weighted by Crippen LogP contribution is 2.27. The summed E-state index contributed by atoms with van der Waals surface area (Å²) < 4.78 is 6.62. The van der Waals surface area contributed by atoms with Gasteiger partial charge in [0, 0.05) is 36.4 Å². The van der Waals surface area contributed by atoms with Crippen LogP contribution in [-0.2, 0) is 9.53 Å². The van der Waals surface area contributed by atoms with E-state index in [9.17, 15) is 4.79 Å². The molecule has 1 aliphatic heterocycles. The molecule has 1 saturated heterocycles. The van der Waals surface area contributed by atoms with Crippen LogP contribution in [0.25, 0.3) is 6.08 Å². The Labute approximate surface area is 127 Å². The maximum absolute atomic E-state index is 10.7. The lowest BCUT2D eigenvalue weighted by molar-refractivity contribution is -0.131. The van der Waals surface area contributed by atoms with Crippen molar-refractivity contribution in [3.8, 4) is 0 Å². The highest BCUT2D eigenvalue weighted by molar-refractivity contribution is 9.10. The third kappa shape index (κ3) is 4.08. The number of likely N-dealkylation sites (N-methyl/N-ethyl adjacent to an activating group) is 1. The van der Waals surface area contributed by atoms with Crippen LogP contribution in [0.4, 0.5) is 5.69 Å². The van der Waals surface area contributed by atoms with E-state index in [4.69, 9.17) is 9.84 Å². The highest BCUT2D eigenvalue weighted by atomic mass is 79.9. The van der Waals surface area contributed by atoms with Crippen molar-refractivity contribution in [1.82, 2.24) is 0 Å². The first-order valence-electron chi connectivity index (χ1n) is 6.59. The minimum Gasteiger partial charge on any atom is -0.478 e. The van der Waals surface area contributed by atoms with Crippen molar-refractivity contribution in [3.63, 3.8) is 0 Å². The normalized spacial score (nSPS) is 18.6. The molecule has 1 atom stereocenters. The van der Waals surface area contributed by atoms with Gasteiger partial charge in [0.25, 0.3) is 0 Å². The summed E-state index contributed by atoms with van der Waals surface area (Å²) in [4.78, 5) is 12.8. The van der Waals surface area contributed by atoms with Gasteiger partial charge in [0.2, 0.25) is 0 Å². The van der Waals surface area contributed by atoms with E-state index in [1.807, 2.05) is 25.2 Å². The quantitative estimate of drug-likeness (QED) is 0.837. The molecule has 108 valence electrons. The zero-order valence-electron chi connectivity index (χ0n) is 11.4. The maximum Gasteiger partial charge on any atom is 0.328 e. The summed E-state index contributed by atoms with van der Waals surface area (Å²) in [7, 11) is 2.00. The summed E-state index contributed by atoms with van der Waals surface area (Å²) in [6.45, 7) is 1.65. The fraction of sp³-hybridized carbons (Fsp3) is 0.400. The van der Waals surface area contributed by atoms with Crippen molar-refractivity contribution in [2.75, 3.05) is 25.1 Å². The molecule has 1 aromatic rings. The van der Waals surface area contributed by atoms with Crippen LogP contribution in [-0.4, -0.2) is 37.4 Å². The van der Waals surface area contributed by atoms with Crippen LogP contribution < -0.4 is 4.90 Å². The number of carbonyl (C=O) groups is 1. The van der Waals surface area contributed by atoms with Crippen molar-refractivity contribution in [2.45, 2.75) is 18.9 Å². The number of halogens is 1. The molecule has 0 saturated carbocycles. The minimum atomic E-state index is -0.944. The average molecular weight is 340 g/mol. The van der Waals surface area contributed by atoms with E-state index in [1.165, 1.54) is 0 Å². The van der Waals surface area contributed by atoms with Crippen LogP contribution in [0.15, 0.2) is 28.7 Å². The fourth-order valence-corrected chi connectivity index (χ4v) is 2.69. The Kier molecular flexibility index (Phi) is 5.20. The lowest BCUT2D eigenvalue weighted by Gasteiger charge is -2.24. The second-order valence-electron chi connectivity index (χ2n) is 4.89. The van der Waals surface area contributed by atoms with Gasteiger partial charge < -0.3 is 14.7 Å². The molecule has 0 radical (unpaired) electrons. The van der Waals surface area contributed by atoms with Gasteiger partial charge in [0.15, 0.2) is 0 Å². The van der Waals surface area contributed by atoms with E-state index in [0.717, 1.165) is 47.8 Å². The molecule has 0 spiro atoms. The smallest absolute Gasteiger partial charge is 0.328 e. The molecule has 0 aliphatic carbocycles. The molecule has 0 amide bonds. The molecule has 1 aliphatic rings. The van der Waals surface area contributed by atoms with Gasteiger partial charge in [-0.3, -0.25) is 0 Å². The number of rotatable bonds is 5. The number of carboxylic acids is 1. The molecule has 20 heavy (non-hydrogen) atoms. The topological polar surface area (TPSA) is 49.8 Å². The summed E-state index contributed by atoms with van der Waals surface area (Å²) in [5, 5.41) is 8.76. The Morgan fingerprint density at radius 1 is 1.60 bits per heavy atom. The molecule has 0 aromatic heterocycles. The number of ether oxygens (including phenoxy) is 1. The zero-order valence-corrected chi connectivity index (χ0v) is 13.0. The Bertz CT molecular complexity index is 510. The van der Waals surface area contributed by atoms with Gasteiger partial charge in [0.1, 0.15) is 0 Å². The van der Waals surface area contributed by atoms with Gasteiger partial charge in [0.05, 0.1) is 6.10 Å². The van der Waals surface area contributed by atoms with Gasteiger partial charge >= 0.3 is 5.97 Å². The molecule has 2 rings (SSSR count). The van der Waals surface area contributed by atoms with E-state index < -0.39 is 5.97 Å². The van der Waals surface area contributed by atoms with Crippen molar-refractivity contribution in [3.05, 3.63) is 34.3 Å². The molecule has 5 heteroatoms. The van der Waals surface area contributed by atoms with E-state index in [2.05, 4.69) is 20.8 Å². The first-order chi connectivity index (χ1) is 9.56. The fourth-order valence-electron chi connectivity index (χ4n) is 2.34. The third-order valence-corrected chi connectivity index (χ3v) is 3.80. The van der Waals surface area contributed by atoms with Crippen molar-refractivity contribution in [1.29, 1.82) is 0 Å². The van der Waals surface area contributed by atoms with Gasteiger partial charge in [-0.25, -0.2) is 4.79 Å². The van der Waals surface area contributed by atoms with Gasteiger partial charge in [-0.15, -0.1) is 0 Å².